The van der Waals surface area contributed by atoms with Gasteiger partial charge in [0.2, 0.25) is 0 Å². The van der Waals surface area contributed by atoms with Gasteiger partial charge in [-0.3, -0.25) is 0 Å². The van der Waals surface area contributed by atoms with Gasteiger partial charge in [-0.2, -0.15) is 0 Å². The molecule has 1 aromatic rings. The first-order chi connectivity index (χ1) is 8.95. The van der Waals surface area contributed by atoms with Crippen molar-refractivity contribution in [3.05, 3.63) is 23.0 Å². The lowest BCUT2D eigenvalue weighted by molar-refractivity contribution is -0.0855. The Morgan fingerprint density at radius 3 is 2.74 bits per heavy atom. The van der Waals surface area contributed by atoms with Gasteiger partial charge in [-0.25, -0.2) is 9.78 Å². The largest absolute Gasteiger partial charge is 0.459 e. The molecular formula is C13H17ClN2O3. The SMILES string of the molecule is CC1CC(OC(=O)c2cc(Cl)ncc2N)CC(C)O1. The molecule has 0 radical (unpaired) electrons. The highest BCUT2D eigenvalue weighted by atomic mass is 35.5. The summed E-state index contributed by atoms with van der Waals surface area (Å²) in [4.78, 5) is 15.9. The van der Waals surface area contributed by atoms with E-state index in [-0.39, 0.29) is 34.7 Å². The number of nitrogens with two attached hydrogens (primary N) is 1. The van der Waals surface area contributed by atoms with Crippen LogP contribution in [0.2, 0.25) is 5.15 Å². The van der Waals surface area contributed by atoms with E-state index in [4.69, 9.17) is 26.8 Å². The third kappa shape index (κ3) is 3.58. The number of carbonyl (C=O) groups excluding carboxylic acids is 1. The molecule has 5 nitrogen and oxygen atoms in total. The number of anilines is 1. The predicted molar refractivity (Wildman–Crippen MR) is 72.1 cm³/mol. The van der Waals surface area contributed by atoms with E-state index in [2.05, 4.69) is 4.98 Å². The molecule has 2 heterocycles. The normalized spacial score (nSPS) is 27.0. The molecule has 1 aliphatic rings. The van der Waals surface area contributed by atoms with Crippen LogP contribution in [0.3, 0.4) is 0 Å². The van der Waals surface area contributed by atoms with Gasteiger partial charge in [-0.05, 0) is 19.9 Å². The monoisotopic (exact) mass is 284 g/mol. The van der Waals surface area contributed by atoms with Crippen molar-refractivity contribution in [1.82, 2.24) is 4.98 Å². The van der Waals surface area contributed by atoms with E-state index in [0.29, 0.717) is 12.8 Å². The van der Waals surface area contributed by atoms with Gasteiger partial charge in [-0.15, -0.1) is 0 Å². The summed E-state index contributed by atoms with van der Waals surface area (Å²) < 4.78 is 11.1. The number of aromatic nitrogens is 1. The summed E-state index contributed by atoms with van der Waals surface area (Å²) in [6.07, 6.45) is 2.75. The second-order valence-electron chi connectivity index (χ2n) is 4.85. The van der Waals surface area contributed by atoms with Gasteiger partial charge < -0.3 is 15.2 Å². The zero-order valence-electron chi connectivity index (χ0n) is 10.9. The van der Waals surface area contributed by atoms with Crippen molar-refractivity contribution in [3.63, 3.8) is 0 Å². The maximum Gasteiger partial charge on any atom is 0.340 e. The topological polar surface area (TPSA) is 74.4 Å². The molecule has 6 heteroatoms. The molecule has 0 aromatic carbocycles. The lowest BCUT2D eigenvalue weighted by atomic mass is 10.0. The smallest absolute Gasteiger partial charge is 0.340 e. The number of rotatable bonds is 2. The second-order valence-corrected chi connectivity index (χ2v) is 5.24. The van der Waals surface area contributed by atoms with Crippen molar-refractivity contribution >= 4 is 23.3 Å². The number of hydrogen-bond acceptors (Lipinski definition) is 5. The highest BCUT2D eigenvalue weighted by Gasteiger charge is 2.28. The maximum atomic E-state index is 12.1. The van der Waals surface area contributed by atoms with Crippen molar-refractivity contribution in [2.24, 2.45) is 0 Å². The van der Waals surface area contributed by atoms with Crippen LogP contribution in [-0.2, 0) is 9.47 Å². The van der Waals surface area contributed by atoms with E-state index in [1.807, 2.05) is 13.8 Å². The second kappa shape index (κ2) is 5.75. The minimum absolute atomic E-state index is 0.0833. The van der Waals surface area contributed by atoms with E-state index in [1.165, 1.54) is 12.3 Å². The van der Waals surface area contributed by atoms with Crippen molar-refractivity contribution in [1.29, 1.82) is 0 Å². The summed E-state index contributed by atoms with van der Waals surface area (Å²) in [5.74, 6) is -0.465. The van der Waals surface area contributed by atoms with E-state index in [0.717, 1.165) is 0 Å². The molecule has 0 amide bonds. The van der Waals surface area contributed by atoms with E-state index in [1.54, 1.807) is 0 Å². The number of halogens is 1. The number of nitrogen functional groups attached to an aromatic ring is 1. The van der Waals surface area contributed by atoms with E-state index in [9.17, 15) is 4.79 Å². The zero-order chi connectivity index (χ0) is 14.0. The van der Waals surface area contributed by atoms with Gasteiger partial charge in [0.25, 0.3) is 0 Å². The average molecular weight is 285 g/mol. The summed E-state index contributed by atoms with van der Waals surface area (Å²) in [7, 11) is 0. The molecule has 1 aliphatic heterocycles. The molecule has 0 aliphatic carbocycles. The Morgan fingerprint density at radius 1 is 1.47 bits per heavy atom. The third-order valence-corrected chi connectivity index (χ3v) is 3.26. The Bertz CT molecular complexity index is 471. The van der Waals surface area contributed by atoms with Crippen LogP contribution in [0.4, 0.5) is 5.69 Å². The van der Waals surface area contributed by atoms with Crippen LogP contribution in [-0.4, -0.2) is 29.3 Å². The van der Waals surface area contributed by atoms with Crippen molar-refractivity contribution in [2.75, 3.05) is 5.73 Å². The minimum Gasteiger partial charge on any atom is -0.459 e. The van der Waals surface area contributed by atoms with Crippen molar-refractivity contribution in [2.45, 2.75) is 45.0 Å². The van der Waals surface area contributed by atoms with Crippen LogP contribution in [0.25, 0.3) is 0 Å². The molecule has 1 fully saturated rings. The average Bonchev–Trinajstić information content (AvgIpc) is 2.30. The fourth-order valence-electron chi connectivity index (χ4n) is 2.27. The Kier molecular flexibility index (Phi) is 4.27. The molecular weight excluding hydrogens is 268 g/mol. The molecule has 104 valence electrons. The van der Waals surface area contributed by atoms with Crippen LogP contribution in [0.1, 0.15) is 37.0 Å². The van der Waals surface area contributed by atoms with E-state index < -0.39 is 5.97 Å². The molecule has 0 spiro atoms. The fourth-order valence-corrected chi connectivity index (χ4v) is 2.43. The van der Waals surface area contributed by atoms with Crippen molar-refractivity contribution < 1.29 is 14.3 Å². The molecule has 1 saturated heterocycles. The first-order valence-corrected chi connectivity index (χ1v) is 6.61. The van der Waals surface area contributed by atoms with Gasteiger partial charge in [0.1, 0.15) is 11.3 Å². The van der Waals surface area contributed by atoms with Crippen LogP contribution >= 0.6 is 11.6 Å². The Hall–Kier alpha value is -1.33. The molecule has 19 heavy (non-hydrogen) atoms. The number of hydrogen-bond donors (Lipinski definition) is 1. The summed E-state index contributed by atoms with van der Waals surface area (Å²) in [5.41, 5.74) is 6.23. The predicted octanol–water partition coefficient (Wildman–Crippen LogP) is 2.43. The lowest BCUT2D eigenvalue weighted by Crippen LogP contribution is -2.35. The Morgan fingerprint density at radius 2 is 2.11 bits per heavy atom. The Labute approximate surface area is 117 Å². The van der Waals surface area contributed by atoms with Crippen LogP contribution in [0, 0.1) is 0 Å². The minimum atomic E-state index is -0.465. The Balaban J connectivity index is 2.06. The number of pyridine rings is 1. The molecule has 2 N–H and O–H groups in total. The first kappa shape index (κ1) is 14.1. The molecule has 0 bridgehead atoms. The fraction of sp³-hybridized carbons (Fsp3) is 0.538. The third-order valence-electron chi connectivity index (χ3n) is 3.05. The van der Waals surface area contributed by atoms with Gasteiger partial charge in [0.05, 0.1) is 29.7 Å². The van der Waals surface area contributed by atoms with Gasteiger partial charge >= 0.3 is 5.97 Å². The quantitative estimate of drug-likeness (QED) is 0.667. The van der Waals surface area contributed by atoms with Gasteiger partial charge in [-0.1, -0.05) is 11.6 Å². The molecule has 2 unspecified atom stereocenters. The molecule has 2 atom stereocenters. The van der Waals surface area contributed by atoms with Crippen LogP contribution < -0.4 is 5.73 Å². The van der Waals surface area contributed by atoms with Crippen molar-refractivity contribution in [3.8, 4) is 0 Å². The summed E-state index contributed by atoms with van der Waals surface area (Å²) >= 11 is 5.76. The lowest BCUT2D eigenvalue weighted by Gasteiger charge is -2.31. The zero-order valence-corrected chi connectivity index (χ0v) is 11.7. The molecule has 2 rings (SSSR count). The number of ether oxygens (including phenoxy) is 2. The standard InChI is InChI=1S/C13H17ClN2O3/c1-7-3-9(4-8(2)18-7)19-13(17)10-5-12(14)16-6-11(10)15/h5-9H,3-4,15H2,1-2H3. The maximum absolute atomic E-state index is 12.1. The highest BCUT2D eigenvalue weighted by Crippen LogP contribution is 2.24. The van der Waals surface area contributed by atoms with E-state index >= 15 is 0 Å². The van der Waals surface area contributed by atoms with Gasteiger partial charge in [0.15, 0.2) is 0 Å². The summed E-state index contributed by atoms with van der Waals surface area (Å²) in [6.45, 7) is 3.93. The van der Waals surface area contributed by atoms with Crippen LogP contribution in [0.5, 0.6) is 0 Å². The van der Waals surface area contributed by atoms with Crippen LogP contribution in [0.15, 0.2) is 12.3 Å². The molecule has 1 aromatic heterocycles. The molecule has 0 saturated carbocycles. The number of esters is 1. The summed E-state index contributed by atoms with van der Waals surface area (Å²) in [5, 5.41) is 0.217. The summed E-state index contributed by atoms with van der Waals surface area (Å²) in [6, 6.07) is 1.42. The highest BCUT2D eigenvalue weighted by molar-refractivity contribution is 6.29. The number of carbonyl (C=O) groups is 1. The van der Waals surface area contributed by atoms with Gasteiger partial charge in [0, 0.05) is 12.8 Å². The number of nitrogens with zero attached hydrogens (tertiary/aromatic N) is 1. The first-order valence-electron chi connectivity index (χ1n) is 6.23.